The van der Waals surface area contributed by atoms with Crippen LogP contribution >= 0.6 is 22.7 Å². The minimum atomic E-state index is -0.357. The lowest BCUT2D eigenvalue weighted by Gasteiger charge is -2.20. The van der Waals surface area contributed by atoms with E-state index in [9.17, 15) is 4.79 Å². The smallest absolute Gasteiger partial charge is 0.217 e. The fourth-order valence-corrected chi connectivity index (χ4v) is 4.85. The largest absolute Gasteiger partial charge is 0.349 e. The molecular formula is C21H29NOS2. The van der Waals surface area contributed by atoms with Gasteiger partial charge < -0.3 is 5.32 Å². The summed E-state index contributed by atoms with van der Waals surface area (Å²) < 4.78 is 0. The lowest BCUT2D eigenvalue weighted by atomic mass is 9.93. The number of carbonyl (C=O) groups is 1. The van der Waals surface area contributed by atoms with Crippen LogP contribution in [-0.2, 0) is 11.2 Å². The SMILES string of the molecule is CSc1cc(C)cc(CC(C)c2cccc([SH](C)CNC(C)=O)c2)c1. The van der Waals surface area contributed by atoms with Crippen molar-refractivity contribution in [2.24, 2.45) is 0 Å². The molecule has 0 saturated carbocycles. The molecule has 0 fully saturated rings. The molecule has 4 heteroatoms. The fraction of sp³-hybridized carbons (Fsp3) is 0.381. The van der Waals surface area contributed by atoms with E-state index in [1.807, 2.05) is 0 Å². The highest BCUT2D eigenvalue weighted by Gasteiger charge is 2.10. The summed E-state index contributed by atoms with van der Waals surface area (Å²) in [5.74, 6) is 1.26. The summed E-state index contributed by atoms with van der Waals surface area (Å²) in [4.78, 5) is 13.8. The van der Waals surface area contributed by atoms with Crippen LogP contribution in [0.25, 0.3) is 0 Å². The van der Waals surface area contributed by atoms with Gasteiger partial charge in [-0.2, -0.15) is 0 Å². The molecule has 0 radical (unpaired) electrons. The van der Waals surface area contributed by atoms with Crippen molar-refractivity contribution in [2.75, 3.05) is 18.4 Å². The van der Waals surface area contributed by atoms with E-state index in [-0.39, 0.29) is 16.8 Å². The second-order valence-corrected chi connectivity index (χ2v) is 9.76. The molecule has 0 aromatic heterocycles. The van der Waals surface area contributed by atoms with Crippen LogP contribution in [0.3, 0.4) is 0 Å². The molecule has 136 valence electrons. The monoisotopic (exact) mass is 375 g/mol. The van der Waals surface area contributed by atoms with Gasteiger partial charge in [0.2, 0.25) is 5.91 Å². The van der Waals surface area contributed by atoms with Crippen molar-refractivity contribution < 1.29 is 4.79 Å². The predicted octanol–water partition coefficient (Wildman–Crippen LogP) is 5.15. The number of carbonyl (C=O) groups excluding carboxylic acids is 1. The van der Waals surface area contributed by atoms with E-state index in [0.29, 0.717) is 5.92 Å². The highest BCUT2D eigenvalue weighted by molar-refractivity contribution is 8.16. The van der Waals surface area contributed by atoms with E-state index in [0.717, 1.165) is 12.3 Å². The normalized spacial score (nSPS) is 14.0. The molecule has 0 bridgehead atoms. The zero-order chi connectivity index (χ0) is 18.4. The summed E-state index contributed by atoms with van der Waals surface area (Å²) in [5.41, 5.74) is 4.11. The van der Waals surface area contributed by atoms with Crippen molar-refractivity contribution in [1.29, 1.82) is 0 Å². The lowest BCUT2D eigenvalue weighted by Crippen LogP contribution is -2.20. The number of thiol groups is 1. The molecule has 0 saturated heterocycles. The van der Waals surface area contributed by atoms with Gasteiger partial charge in [0, 0.05) is 17.7 Å². The van der Waals surface area contributed by atoms with E-state index in [1.165, 1.54) is 26.5 Å². The van der Waals surface area contributed by atoms with E-state index in [4.69, 9.17) is 0 Å². The highest BCUT2D eigenvalue weighted by Crippen LogP contribution is 2.34. The molecule has 2 nitrogen and oxygen atoms in total. The standard InChI is InChI=1S/C21H29NOS2/c1-15-9-18(12-20(10-15)24-4)11-16(2)19-7-6-8-21(13-19)25(5)14-22-17(3)23/h6-10,12-13,16,25H,11,14H2,1-5H3,(H,22,23). The Hall–Kier alpha value is -1.39. The molecule has 1 amide bonds. The number of rotatable bonds is 7. The Labute approximate surface area is 159 Å². The first kappa shape index (κ1) is 19.9. The van der Waals surface area contributed by atoms with Crippen molar-refractivity contribution in [2.45, 2.75) is 42.9 Å². The topological polar surface area (TPSA) is 29.1 Å². The zero-order valence-corrected chi connectivity index (χ0v) is 17.5. The Morgan fingerprint density at radius 2 is 2.00 bits per heavy atom. The fourth-order valence-electron chi connectivity index (χ4n) is 2.92. The second-order valence-electron chi connectivity index (χ2n) is 6.65. The second kappa shape index (κ2) is 9.35. The summed E-state index contributed by atoms with van der Waals surface area (Å²) >= 11 is 1.80. The Kier molecular flexibility index (Phi) is 7.45. The average molecular weight is 376 g/mol. The molecule has 2 rings (SSSR count). The maximum atomic E-state index is 11.1. The minimum absolute atomic E-state index is 0.0444. The van der Waals surface area contributed by atoms with Crippen molar-refractivity contribution in [3.05, 3.63) is 59.2 Å². The van der Waals surface area contributed by atoms with Gasteiger partial charge in [-0.1, -0.05) is 31.2 Å². The molecule has 2 aromatic carbocycles. The van der Waals surface area contributed by atoms with Gasteiger partial charge in [-0.15, -0.1) is 11.8 Å². The number of aryl methyl sites for hydroxylation is 1. The summed E-state index contributed by atoms with van der Waals surface area (Å²) in [5, 5.41) is 2.94. The first-order valence-electron chi connectivity index (χ1n) is 8.59. The summed E-state index contributed by atoms with van der Waals surface area (Å²) in [6.07, 6.45) is 5.40. The summed E-state index contributed by atoms with van der Waals surface area (Å²) in [7, 11) is -0.357. The van der Waals surface area contributed by atoms with Crippen LogP contribution in [0.15, 0.2) is 52.3 Å². The van der Waals surface area contributed by atoms with Gasteiger partial charge >= 0.3 is 0 Å². The molecule has 1 N–H and O–H groups in total. The number of hydrogen-bond donors (Lipinski definition) is 2. The van der Waals surface area contributed by atoms with Crippen molar-refractivity contribution in [3.8, 4) is 0 Å². The minimum Gasteiger partial charge on any atom is -0.349 e. The number of thioether (sulfide) groups is 1. The molecule has 0 spiro atoms. The lowest BCUT2D eigenvalue weighted by molar-refractivity contribution is -0.118. The Morgan fingerprint density at radius 1 is 1.24 bits per heavy atom. The first-order valence-corrected chi connectivity index (χ1v) is 11.8. The molecule has 0 heterocycles. The predicted molar refractivity (Wildman–Crippen MR) is 113 cm³/mol. The molecule has 2 unspecified atom stereocenters. The third-order valence-corrected chi connectivity index (χ3v) is 6.83. The maximum Gasteiger partial charge on any atom is 0.217 e. The average Bonchev–Trinajstić information content (AvgIpc) is 2.59. The van der Waals surface area contributed by atoms with E-state index in [1.54, 1.807) is 18.7 Å². The van der Waals surface area contributed by atoms with Crippen LogP contribution in [0.2, 0.25) is 0 Å². The Bertz CT molecular complexity index is 730. The zero-order valence-electron chi connectivity index (χ0n) is 15.8. The molecular weight excluding hydrogens is 346 g/mol. The molecule has 0 aliphatic carbocycles. The quantitative estimate of drug-likeness (QED) is 0.518. The molecule has 25 heavy (non-hydrogen) atoms. The molecule has 2 aromatic rings. The van der Waals surface area contributed by atoms with Gasteiger partial charge in [0.15, 0.2) is 0 Å². The number of nitrogens with one attached hydrogen (secondary N) is 1. The molecule has 2 atom stereocenters. The molecule has 0 aliphatic rings. The van der Waals surface area contributed by atoms with Crippen molar-refractivity contribution >= 4 is 28.6 Å². The van der Waals surface area contributed by atoms with Crippen molar-refractivity contribution in [3.63, 3.8) is 0 Å². The number of benzene rings is 2. The van der Waals surface area contributed by atoms with Crippen LogP contribution in [-0.4, -0.2) is 24.3 Å². The van der Waals surface area contributed by atoms with Gasteiger partial charge in [0.25, 0.3) is 0 Å². The number of hydrogen-bond acceptors (Lipinski definition) is 2. The van der Waals surface area contributed by atoms with Gasteiger partial charge in [-0.3, -0.25) is 4.79 Å². The van der Waals surface area contributed by atoms with Crippen LogP contribution in [0.4, 0.5) is 0 Å². The maximum absolute atomic E-state index is 11.1. The Balaban J connectivity index is 2.11. The van der Waals surface area contributed by atoms with E-state index in [2.05, 4.69) is 74.1 Å². The third-order valence-electron chi connectivity index (χ3n) is 4.33. The number of amides is 1. The van der Waals surface area contributed by atoms with Gasteiger partial charge in [-0.25, -0.2) is 10.9 Å². The van der Waals surface area contributed by atoms with Crippen molar-refractivity contribution in [1.82, 2.24) is 5.32 Å². The Morgan fingerprint density at radius 3 is 2.68 bits per heavy atom. The van der Waals surface area contributed by atoms with E-state index >= 15 is 0 Å². The van der Waals surface area contributed by atoms with Gasteiger partial charge in [0.05, 0.1) is 0 Å². The summed E-state index contributed by atoms with van der Waals surface area (Å²) in [6, 6.07) is 15.7. The highest BCUT2D eigenvalue weighted by atomic mass is 32.2. The van der Waals surface area contributed by atoms with Crippen LogP contribution in [0.1, 0.15) is 36.5 Å². The molecule has 0 aliphatic heterocycles. The van der Waals surface area contributed by atoms with Crippen LogP contribution in [0, 0.1) is 6.92 Å². The van der Waals surface area contributed by atoms with Crippen LogP contribution < -0.4 is 5.32 Å². The van der Waals surface area contributed by atoms with Crippen LogP contribution in [0.5, 0.6) is 0 Å². The summed E-state index contributed by atoms with van der Waals surface area (Å²) in [6.45, 7) is 6.04. The van der Waals surface area contributed by atoms with Gasteiger partial charge in [-0.05, 0) is 71.6 Å². The first-order chi connectivity index (χ1) is 11.9. The van der Waals surface area contributed by atoms with Gasteiger partial charge in [0.1, 0.15) is 0 Å². The third kappa shape index (κ3) is 6.12. The van der Waals surface area contributed by atoms with E-state index < -0.39 is 0 Å².